The predicted molar refractivity (Wildman–Crippen MR) is 92.8 cm³/mol. The monoisotopic (exact) mass is 315 g/mol. The Morgan fingerprint density at radius 2 is 1.86 bits per heavy atom. The Kier molecular flexibility index (Phi) is 4.62. The number of nitrogens with one attached hydrogen (secondary N) is 1. The van der Waals surface area contributed by atoms with Gasteiger partial charge >= 0.3 is 0 Å². The van der Waals surface area contributed by atoms with E-state index in [9.17, 15) is 4.79 Å². The summed E-state index contributed by atoms with van der Waals surface area (Å²) in [6.45, 7) is 6.47. The molecule has 0 aliphatic heterocycles. The summed E-state index contributed by atoms with van der Waals surface area (Å²) < 4.78 is 0. The molecule has 22 heavy (non-hydrogen) atoms. The van der Waals surface area contributed by atoms with Gasteiger partial charge < -0.3 is 5.32 Å². The van der Waals surface area contributed by atoms with Crippen molar-refractivity contribution in [2.45, 2.75) is 49.8 Å². The van der Waals surface area contributed by atoms with Crippen LogP contribution in [-0.2, 0) is 4.79 Å². The fourth-order valence-electron chi connectivity index (χ4n) is 3.59. The van der Waals surface area contributed by atoms with Crippen LogP contribution >= 0.6 is 11.8 Å². The van der Waals surface area contributed by atoms with E-state index in [1.54, 1.807) is 0 Å². The summed E-state index contributed by atoms with van der Waals surface area (Å²) in [5.74, 6) is 1.53. The molecule has 2 aliphatic carbocycles. The number of rotatable bonds is 5. The summed E-state index contributed by atoms with van der Waals surface area (Å²) in [4.78, 5) is 13.8. The SMILES string of the molecule is CC(C)Sc1ccc([C@@H](C)NC(=O)[C@H]2C[C@H]3C=C[C@H]2C3)cc1. The van der Waals surface area contributed by atoms with Crippen LogP contribution in [0, 0.1) is 17.8 Å². The van der Waals surface area contributed by atoms with Crippen LogP contribution < -0.4 is 5.32 Å². The Labute approximate surface area is 137 Å². The first-order chi connectivity index (χ1) is 10.5. The first kappa shape index (κ1) is 15.7. The Balaban J connectivity index is 1.58. The van der Waals surface area contributed by atoms with E-state index in [-0.39, 0.29) is 17.9 Å². The number of allylic oxidation sites excluding steroid dienone is 2. The topological polar surface area (TPSA) is 29.1 Å². The fraction of sp³-hybridized carbons (Fsp3) is 0.526. The molecule has 3 heteroatoms. The van der Waals surface area contributed by atoms with Gasteiger partial charge in [-0.2, -0.15) is 0 Å². The summed E-state index contributed by atoms with van der Waals surface area (Å²) in [6, 6.07) is 8.66. The molecule has 1 fully saturated rings. The number of benzene rings is 1. The zero-order chi connectivity index (χ0) is 15.7. The van der Waals surface area contributed by atoms with Gasteiger partial charge in [-0.15, -0.1) is 11.8 Å². The molecule has 1 aromatic carbocycles. The van der Waals surface area contributed by atoms with Crippen molar-refractivity contribution in [1.29, 1.82) is 0 Å². The van der Waals surface area contributed by atoms with E-state index in [2.05, 4.69) is 62.5 Å². The van der Waals surface area contributed by atoms with Gasteiger partial charge in [0.2, 0.25) is 5.91 Å². The van der Waals surface area contributed by atoms with Crippen LogP contribution in [0.15, 0.2) is 41.3 Å². The molecule has 0 saturated heterocycles. The Morgan fingerprint density at radius 1 is 1.14 bits per heavy atom. The Hall–Kier alpha value is -1.22. The second-order valence-corrected chi connectivity index (χ2v) is 8.50. The first-order valence-electron chi connectivity index (χ1n) is 8.28. The van der Waals surface area contributed by atoms with Crippen molar-refractivity contribution in [2.75, 3.05) is 0 Å². The van der Waals surface area contributed by atoms with Gasteiger partial charge in [-0.1, -0.05) is 38.1 Å². The Morgan fingerprint density at radius 3 is 2.41 bits per heavy atom. The normalized spacial score (nSPS) is 27.4. The van der Waals surface area contributed by atoms with Crippen molar-refractivity contribution < 1.29 is 4.79 Å². The second kappa shape index (κ2) is 6.49. The van der Waals surface area contributed by atoms with Crippen LogP contribution in [-0.4, -0.2) is 11.2 Å². The van der Waals surface area contributed by atoms with Crippen molar-refractivity contribution in [3.05, 3.63) is 42.0 Å². The molecule has 1 N–H and O–H groups in total. The summed E-state index contributed by atoms with van der Waals surface area (Å²) in [5, 5.41) is 3.80. The molecule has 0 radical (unpaired) electrons. The van der Waals surface area contributed by atoms with Crippen molar-refractivity contribution >= 4 is 17.7 Å². The molecular formula is C19H25NOS. The molecule has 0 heterocycles. The standard InChI is InChI=1S/C19H25NOS/c1-12(2)22-17-8-6-15(7-9-17)13(3)20-19(21)18-11-14-4-5-16(18)10-14/h4-9,12-14,16,18H,10-11H2,1-3H3,(H,20,21)/t13-,14+,16+,18+/m1/s1. The third-order valence-corrected chi connectivity index (χ3v) is 5.74. The number of carbonyl (C=O) groups is 1. The van der Waals surface area contributed by atoms with Gasteiger partial charge in [0.15, 0.2) is 0 Å². The van der Waals surface area contributed by atoms with E-state index in [0.29, 0.717) is 17.1 Å². The fourth-order valence-corrected chi connectivity index (χ4v) is 4.43. The van der Waals surface area contributed by atoms with Crippen LogP contribution in [0.25, 0.3) is 0 Å². The summed E-state index contributed by atoms with van der Waals surface area (Å²) in [7, 11) is 0. The van der Waals surface area contributed by atoms with E-state index >= 15 is 0 Å². The number of carbonyl (C=O) groups excluding carboxylic acids is 1. The number of thioether (sulfide) groups is 1. The molecule has 2 bridgehead atoms. The maximum absolute atomic E-state index is 12.5. The van der Waals surface area contributed by atoms with Crippen LogP contribution in [0.4, 0.5) is 0 Å². The number of hydrogen-bond donors (Lipinski definition) is 1. The third-order valence-electron chi connectivity index (χ3n) is 4.73. The highest BCUT2D eigenvalue weighted by Gasteiger charge is 2.39. The molecule has 4 atom stereocenters. The third kappa shape index (κ3) is 3.40. The minimum Gasteiger partial charge on any atom is -0.349 e. The summed E-state index contributed by atoms with van der Waals surface area (Å²) >= 11 is 1.87. The van der Waals surface area contributed by atoms with E-state index in [0.717, 1.165) is 6.42 Å². The van der Waals surface area contributed by atoms with Gasteiger partial charge in [0, 0.05) is 16.1 Å². The van der Waals surface area contributed by atoms with Crippen molar-refractivity contribution in [2.24, 2.45) is 17.8 Å². The quantitative estimate of drug-likeness (QED) is 0.636. The van der Waals surface area contributed by atoms with E-state index < -0.39 is 0 Å². The molecule has 0 unspecified atom stereocenters. The molecule has 1 saturated carbocycles. The number of fused-ring (bicyclic) bond motifs is 2. The maximum Gasteiger partial charge on any atom is 0.224 e. The van der Waals surface area contributed by atoms with Crippen LogP contribution in [0.1, 0.15) is 45.2 Å². The molecule has 118 valence electrons. The molecule has 2 nitrogen and oxygen atoms in total. The first-order valence-corrected chi connectivity index (χ1v) is 9.16. The minimum atomic E-state index is 0.0775. The Bertz CT molecular complexity index is 563. The van der Waals surface area contributed by atoms with Gasteiger partial charge in [-0.05, 0) is 49.3 Å². The zero-order valence-electron chi connectivity index (χ0n) is 13.6. The van der Waals surface area contributed by atoms with Crippen LogP contribution in [0.3, 0.4) is 0 Å². The largest absolute Gasteiger partial charge is 0.349 e. The average molecular weight is 315 g/mol. The van der Waals surface area contributed by atoms with Gasteiger partial charge in [0.1, 0.15) is 0 Å². The minimum absolute atomic E-state index is 0.0775. The molecule has 0 spiro atoms. The van der Waals surface area contributed by atoms with Crippen LogP contribution in [0.2, 0.25) is 0 Å². The zero-order valence-corrected chi connectivity index (χ0v) is 14.4. The van der Waals surface area contributed by atoms with Gasteiger partial charge in [0.05, 0.1) is 6.04 Å². The van der Waals surface area contributed by atoms with Crippen molar-refractivity contribution in [3.8, 4) is 0 Å². The lowest BCUT2D eigenvalue weighted by molar-refractivity contribution is -0.126. The summed E-state index contributed by atoms with van der Waals surface area (Å²) in [5.41, 5.74) is 1.18. The lowest BCUT2D eigenvalue weighted by atomic mass is 9.92. The lowest BCUT2D eigenvalue weighted by Gasteiger charge is -2.21. The van der Waals surface area contributed by atoms with Crippen LogP contribution in [0.5, 0.6) is 0 Å². The van der Waals surface area contributed by atoms with Gasteiger partial charge in [-0.3, -0.25) is 4.79 Å². The lowest BCUT2D eigenvalue weighted by Crippen LogP contribution is -2.34. The highest BCUT2D eigenvalue weighted by Crippen LogP contribution is 2.43. The number of amides is 1. The molecule has 1 aromatic rings. The van der Waals surface area contributed by atoms with Crippen molar-refractivity contribution in [1.82, 2.24) is 5.32 Å². The average Bonchev–Trinajstić information content (AvgIpc) is 3.10. The molecule has 1 amide bonds. The smallest absolute Gasteiger partial charge is 0.224 e. The molecular weight excluding hydrogens is 290 g/mol. The number of hydrogen-bond acceptors (Lipinski definition) is 2. The highest BCUT2D eigenvalue weighted by atomic mass is 32.2. The predicted octanol–water partition coefficient (Wildman–Crippen LogP) is 4.58. The van der Waals surface area contributed by atoms with E-state index in [4.69, 9.17) is 0 Å². The van der Waals surface area contributed by atoms with Gasteiger partial charge in [0.25, 0.3) is 0 Å². The van der Waals surface area contributed by atoms with Gasteiger partial charge in [-0.25, -0.2) is 0 Å². The molecule has 2 aliphatic rings. The molecule has 0 aromatic heterocycles. The second-order valence-electron chi connectivity index (χ2n) is 6.85. The highest BCUT2D eigenvalue weighted by molar-refractivity contribution is 7.99. The van der Waals surface area contributed by atoms with E-state index in [1.165, 1.54) is 16.9 Å². The van der Waals surface area contributed by atoms with E-state index in [1.807, 2.05) is 11.8 Å². The maximum atomic E-state index is 12.5. The summed E-state index contributed by atoms with van der Waals surface area (Å²) in [6.07, 6.45) is 6.72. The van der Waals surface area contributed by atoms with Crippen molar-refractivity contribution in [3.63, 3.8) is 0 Å². The molecule has 3 rings (SSSR count).